The minimum atomic E-state index is -5.07. The van der Waals surface area contributed by atoms with Gasteiger partial charge in [-0.05, 0) is 51.9 Å². The molecule has 4 rings (SSSR count). The Hall–Kier alpha value is -3.55. The van der Waals surface area contributed by atoms with Crippen LogP contribution in [0.4, 0.5) is 23.4 Å². The third-order valence-corrected chi connectivity index (χ3v) is 6.65. The maximum absolute atomic E-state index is 14.1. The fourth-order valence-electron chi connectivity index (χ4n) is 4.85. The van der Waals surface area contributed by atoms with Crippen molar-refractivity contribution < 1.29 is 36.6 Å². The van der Waals surface area contributed by atoms with Crippen LogP contribution in [0, 0.1) is 11.2 Å². The lowest BCUT2D eigenvalue weighted by Crippen LogP contribution is -2.63. The highest BCUT2D eigenvalue weighted by atomic mass is 19.4. The zero-order valence-electron chi connectivity index (χ0n) is 21.1. The van der Waals surface area contributed by atoms with Crippen LogP contribution in [0.25, 0.3) is 0 Å². The number of alkyl halides is 3. The van der Waals surface area contributed by atoms with Gasteiger partial charge in [0.15, 0.2) is 12.0 Å². The lowest BCUT2D eigenvalue weighted by molar-refractivity contribution is -0.209. The maximum atomic E-state index is 14.1. The zero-order chi connectivity index (χ0) is 27.7. The lowest BCUT2D eigenvalue weighted by atomic mass is 9.72. The number of piperidine rings is 1. The normalized spacial score (nSPS) is 18.7. The van der Waals surface area contributed by atoms with Gasteiger partial charge in [0.1, 0.15) is 17.9 Å². The summed E-state index contributed by atoms with van der Waals surface area (Å²) in [5.41, 5.74) is -0.384. The molecule has 3 heterocycles. The van der Waals surface area contributed by atoms with E-state index in [4.69, 9.17) is 4.74 Å². The number of halogens is 4. The van der Waals surface area contributed by atoms with Crippen LogP contribution in [0.3, 0.4) is 0 Å². The summed E-state index contributed by atoms with van der Waals surface area (Å²) >= 11 is 0. The predicted molar refractivity (Wildman–Crippen MR) is 126 cm³/mol. The van der Waals surface area contributed by atoms with Crippen molar-refractivity contribution in [2.24, 2.45) is 5.41 Å². The van der Waals surface area contributed by atoms with Crippen molar-refractivity contribution in [3.05, 3.63) is 35.9 Å². The van der Waals surface area contributed by atoms with Crippen LogP contribution in [0.2, 0.25) is 0 Å². The van der Waals surface area contributed by atoms with E-state index in [1.807, 2.05) is 25.7 Å². The number of hydrogen-bond donors (Lipinski definition) is 1. The maximum Gasteiger partial charge on any atom is 0.490 e. The van der Waals surface area contributed by atoms with Crippen molar-refractivity contribution in [2.45, 2.75) is 52.1 Å². The number of nitrogens with zero attached hydrogens (tertiary/aromatic N) is 5. The van der Waals surface area contributed by atoms with E-state index in [2.05, 4.69) is 25.2 Å². The van der Waals surface area contributed by atoms with Gasteiger partial charge in [-0.2, -0.15) is 13.2 Å². The average Bonchev–Trinajstić information content (AvgIpc) is 2.83. The number of amides is 1. The van der Waals surface area contributed by atoms with Crippen molar-refractivity contribution in [2.75, 3.05) is 31.1 Å². The minimum absolute atomic E-state index is 0.00964. The molecule has 1 spiro atoms. The highest BCUT2D eigenvalue weighted by Gasteiger charge is 2.50. The summed E-state index contributed by atoms with van der Waals surface area (Å²) in [5, 5.41) is 10.6. The summed E-state index contributed by atoms with van der Waals surface area (Å²) in [5.74, 6) is -2.86. The molecule has 14 heteroatoms. The molecular formula is C24H28F4N6O4. The molecule has 0 aliphatic carbocycles. The molecule has 1 amide bonds. The molecule has 10 nitrogen and oxygen atoms in total. The molecule has 0 radical (unpaired) electrons. The van der Waals surface area contributed by atoms with Crippen molar-refractivity contribution in [1.29, 1.82) is 0 Å². The fraction of sp³-hybridized carbons (Fsp3) is 0.542. The van der Waals surface area contributed by atoms with E-state index in [9.17, 15) is 27.2 Å². The van der Waals surface area contributed by atoms with Crippen molar-refractivity contribution in [3.8, 4) is 11.6 Å². The van der Waals surface area contributed by atoms with Crippen LogP contribution in [0.5, 0.6) is 11.6 Å². The Bertz CT molecular complexity index is 1190. The first-order chi connectivity index (χ1) is 17.9. The van der Waals surface area contributed by atoms with Crippen LogP contribution in [-0.2, 0) is 9.53 Å². The van der Waals surface area contributed by atoms with E-state index >= 15 is 0 Å². The van der Waals surface area contributed by atoms with Gasteiger partial charge in [-0.15, -0.1) is 10.2 Å². The first kappa shape index (κ1) is 27.5. The number of nitrogens with one attached hydrogen (secondary N) is 1. The zero-order valence-corrected chi connectivity index (χ0v) is 21.1. The van der Waals surface area contributed by atoms with Gasteiger partial charge in [-0.25, -0.2) is 14.2 Å². The van der Waals surface area contributed by atoms with Crippen molar-refractivity contribution in [1.82, 2.24) is 25.4 Å². The third kappa shape index (κ3) is 5.79. The third-order valence-electron chi connectivity index (χ3n) is 6.65. The Morgan fingerprint density at radius 3 is 2.68 bits per heavy atom. The molecule has 2 aliphatic heterocycles. The second-order valence-electron chi connectivity index (χ2n) is 9.67. The number of benzene rings is 1. The Morgan fingerprint density at radius 2 is 2.03 bits per heavy atom. The number of aromatic nitrogens is 3. The summed E-state index contributed by atoms with van der Waals surface area (Å²) in [6.07, 6.45) is -4.07. The molecule has 1 N–H and O–H groups in total. The fourth-order valence-corrected chi connectivity index (χ4v) is 4.85. The molecule has 2 fully saturated rings. The Labute approximate surface area is 216 Å². The average molecular weight is 541 g/mol. The van der Waals surface area contributed by atoms with Gasteiger partial charge in [0.2, 0.25) is 0 Å². The second-order valence-corrected chi connectivity index (χ2v) is 9.67. The molecule has 1 atom stereocenters. The number of carbonyl (C=O) groups excluding carboxylic acids is 2. The summed E-state index contributed by atoms with van der Waals surface area (Å²) in [6.45, 7) is 7.10. The highest BCUT2D eigenvalue weighted by Crippen LogP contribution is 2.44. The minimum Gasteiger partial charge on any atom is -0.440 e. The van der Waals surface area contributed by atoms with E-state index in [-0.39, 0.29) is 29.7 Å². The van der Waals surface area contributed by atoms with E-state index in [0.717, 1.165) is 12.1 Å². The first-order valence-corrected chi connectivity index (χ1v) is 12.1. The van der Waals surface area contributed by atoms with Crippen LogP contribution < -0.4 is 15.0 Å². The summed E-state index contributed by atoms with van der Waals surface area (Å²) in [6, 6.07) is 3.47. The van der Waals surface area contributed by atoms with Gasteiger partial charge in [0, 0.05) is 37.5 Å². The number of hydrogen-bond acceptors (Lipinski definition) is 9. The van der Waals surface area contributed by atoms with Crippen molar-refractivity contribution in [3.63, 3.8) is 0 Å². The Kier molecular flexibility index (Phi) is 7.72. The quantitative estimate of drug-likeness (QED) is 0.418. The number of rotatable bonds is 7. The standard InChI is InChI=1S/C24H28F4N6O4/c1-4-34(14(2)3)21(35)16-9-15(25)5-6-17(16)37-20-19(30-13-31-32-20)33-11-23(12-33)7-8-29-18(10-23)38-22(36)24(26,27)28/h5-6,9,13-14,18,29H,4,7-8,10-12H2,1-3H3. The largest absolute Gasteiger partial charge is 0.490 e. The number of anilines is 1. The van der Waals surface area contributed by atoms with E-state index in [1.54, 1.807) is 4.90 Å². The van der Waals surface area contributed by atoms with Gasteiger partial charge in [0.05, 0.1) is 5.56 Å². The van der Waals surface area contributed by atoms with E-state index < -0.39 is 35.5 Å². The van der Waals surface area contributed by atoms with Gasteiger partial charge < -0.3 is 19.3 Å². The van der Waals surface area contributed by atoms with Gasteiger partial charge in [0.25, 0.3) is 11.8 Å². The summed E-state index contributed by atoms with van der Waals surface area (Å²) < 4.78 is 62.5. The van der Waals surface area contributed by atoms with Crippen molar-refractivity contribution >= 4 is 17.7 Å². The highest BCUT2D eigenvalue weighted by molar-refractivity contribution is 5.97. The van der Waals surface area contributed by atoms with Crippen LogP contribution in [-0.4, -0.2) is 76.6 Å². The van der Waals surface area contributed by atoms with Crippen LogP contribution in [0.15, 0.2) is 24.5 Å². The SMILES string of the molecule is CCN(C(=O)c1cc(F)ccc1Oc1nncnc1N1CC2(CCNC(OC(=O)C(F)(F)F)C2)C1)C(C)C. The Balaban J connectivity index is 1.50. The molecule has 2 aliphatic rings. The predicted octanol–water partition coefficient (Wildman–Crippen LogP) is 3.29. The van der Waals surface area contributed by atoms with Crippen LogP contribution in [0.1, 0.15) is 44.0 Å². The van der Waals surface area contributed by atoms with Gasteiger partial charge >= 0.3 is 12.1 Å². The smallest absolute Gasteiger partial charge is 0.440 e. The molecule has 0 saturated carbocycles. The monoisotopic (exact) mass is 540 g/mol. The Morgan fingerprint density at radius 1 is 1.29 bits per heavy atom. The summed E-state index contributed by atoms with van der Waals surface area (Å²) in [4.78, 5) is 32.0. The second kappa shape index (κ2) is 10.7. The van der Waals surface area contributed by atoms with E-state index in [1.165, 1.54) is 12.4 Å². The summed E-state index contributed by atoms with van der Waals surface area (Å²) in [7, 11) is 0. The molecule has 1 unspecified atom stereocenters. The first-order valence-electron chi connectivity index (χ1n) is 12.1. The van der Waals surface area contributed by atoms with Gasteiger partial charge in [-0.1, -0.05) is 0 Å². The molecular weight excluding hydrogens is 512 g/mol. The lowest BCUT2D eigenvalue weighted by Gasteiger charge is -2.54. The molecule has 2 aromatic rings. The van der Waals surface area contributed by atoms with Gasteiger partial charge in [-0.3, -0.25) is 10.1 Å². The molecule has 206 valence electrons. The molecule has 1 aromatic carbocycles. The molecule has 2 saturated heterocycles. The number of carbonyl (C=O) groups is 2. The number of ether oxygens (including phenoxy) is 2. The molecule has 1 aromatic heterocycles. The molecule has 38 heavy (non-hydrogen) atoms. The topological polar surface area (TPSA) is 110 Å². The van der Waals surface area contributed by atoms with Crippen LogP contribution >= 0.6 is 0 Å². The number of esters is 1. The van der Waals surface area contributed by atoms with E-state index in [0.29, 0.717) is 38.4 Å². The molecule has 0 bridgehead atoms.